The first-order valence-corrected chi connectivity index (χ1v) is 5.27. The molecule has 0 aliphatic carbocycles. The van der Waals surface area contributed by atoms with Crippen LogP contribution in [0.4, 0.5) is 0 Å². The largest absolute Gasteiger partial charge is 0.481 e. The zero-order valence-electron chi connectivity index (χ0n) is 9.18. The molecular formula is C13H11ClO3. The number of carbonyl (C=O) groups is 2. The van der Waals surface area contributed by atoms with Gasteiger partial charge in [-0.3, -0.25) is 9.59 Å². The molecule has 0 fully saturated rings. The Morgan fingerprint density at radius 1 is 1.06 bits per heavy atom. The summed E-state index contributed by atoms with van der Waals surface area (Å²) in [6.07, 6.45) is 0. The molecule has 0 heterocycles. The molecule has 0 saturated carbocycles. The highest BCUT2D eigenvalue weighted by Gasteiger charge is 2.05. The fourth-order valence-corrected chi connectivity index (χ4v) is 1.56. The van der Waals surface area contributed by atoms with Gasteiger partial charge in [0.05, 0.1) is 0 Å². The van der Waals surface area contributed by atoms with Gasteiger partial charge in [0.15, 0.2) is 0 Å². The lowest BCUT2D eigenvalue weighted by Crippen LogP contribution is -1.89. The molecule has 3 nitrogen and oxygen atoms in total. The number of halogens is 1. The first kappa shape index (κ1) is 13.2. The van der Waals surface area contributed by atoms with E-state index in [4.69, 9.17) is 21.5 Å². The molecule has 0 amide bonds. The number of benzene rings is 2. The Bertz CT molecular complexity index is 540. The molecule has 17 heavy (non-hydrogen) atoms. The quantitative estimate of drug-likeness (QED) is 0.790. The zero-order chi connectivity index (χ0) is 12.8. The summed E-state index contributed by atoms with van der Waals surface area (Å²) in [6, 6.07) is 13.2. The standard InChI is InChI=1S/C11H7ClO.C2H4O2/c12-11(13)10-7-3-5-8-4-1-2-6-9(8)10;1-2(3)4/h1-7H;1H3,(H,3,4). The molecule has 0 saturated heterocycles. The fraction of sp³-hybridized carbons (Fsp3) is 0.0769. The molecule has 88 valence electrons. The Labute approximate surface area is 104 Å². The molecule has 0 aromatic heterocycles. The zero-order valence-corrected chi connectivity index (χ0v) is 9.94. The lowest BCUT2D eigenvalue weighted by molar-refractivity contribution is -0.134. The van der Waals surface area contributed by atoms with Crippen LogP contribution in [0, 0.1) is 0 Å². The Hall–Kier alpha value is -1.87. The second kappa shape index (κ2) is 6.01. The predicted octanol–water partition coefficient (Wildman–Crippen LogP) is 3.31. The summed E-state index contributed by atoms with van der Waals surface area (Å²) in [7, 11) is 0. The molecule has 0 aliphatic rings. The van der Waals surface area contributed by atoms with Crippen LogP contribution in [-0.2, 0) is 4.79 Å². The average molecular weight is 251 g/mol. The summed E-state index contributed by atoms with van der Waals surface area (Å²) in [4.78, 5) is 20.0. The third kappa shape index (κ3) is 3.89. The maximum absolute atomic E-state index is 11.0. The van der Waals surface area contributed by atoms with Crippen molar-refractivity contribution in [2.24, 2.45) is 0 Å². The highest BCUT2D eigenvalue weighted by molar-refractivity contribution is 6.68. The van der Waals surface area contributed by atoms with Gasteiger partial charge in [-0.1, -0.05) is 36.4 Å². The molecular weight excluding hydrogens is 240 g/mol. The molecule has 2 rings (SSSR count). The molecule has 1 N–H and O–H groups in total. The maximum Gasteiger partial charge on any atom is 0.300 e. The van der Waals surface area contributed by atoms with E-state index < -0.39 is 11.2 Å². The van der Waals surface area contributed by atoms with Crippen molar-refractivity contribution in [3.8, 4) is 0 Å². The summed E-state index contributed by atoms with van der Waals surface area (Å²) in [6.45, 7) is 1.08. The van der Waals surface area contributed by atoms with Gasteiger partial charge in [-0.25, -0.2) is 0 Å². The smallest absolute Gasteiger partial charge is 0.300 e. The highest BCUT2D eigenvalue weighted by Crippen LogP contribution is 2.19. The minimum absolute atomic E-state index is 0.406. The Balaban J connectivity index is 0.000000317. The fourth-order valence-electron chi connectivity index (χ4n) is 1.40. The van der Waals surface area contributed by atoms with Crippen LogP contribution < -0.4 is 0 Å². The normalized spacial score (nSPS) is 9.29. The average Bonchev–Trinajstić information content (AvgIpc) is 2.27. The monoisotopic (exact) mass is 250 g/mol. The number of rotatable bonds is 1. The van der Waals surface area contributed by atoms with Gasteiger partial charge in [0.1, 0.15) is 0 Å². The predicted molar refractivity (Wildman–Crippen MR) is 67.4 cm³/mol. The second-order valence-corrected chi connectivity index (χ2v) is 3.66. The van der Waals surface area contributed by atoms with E-state index in [9.17, 15) is 4.79 Å². The Kier molecular flexibility index (Phi) is 4.67. The first-order chi connectivity index (χ1) is 8.02. The lowest BCUT2D eigenvalue weighted by Gasteiger charge is -2.00. The molecule has 0 spiro atoms. The van der Waals surface area contributed by atoms with Gasteiger partial charge in [0.25, 0.3) is 11.2 Å². The van der Waals surface area contributed by atoms with Crippen molar-refractivity contribution < 1.29 is 14.7 Å². The maximum atomic E-state index is 11.0. The van der Waals surface area contributed by atoms with E-state index in [2.05, 4.69) is 0 Å². The number of carbonyl (C=O) groups excluding carboxylic acids is 1. The van der Waals surface area contributed by atoms with Crippen molar-refractivity contribution in [3.63, 3.8) is 0 Å². The minimum Gasteiger partial charge on any atom is -0.481 e. The summed E-state index contributed by atoms with van der Waals surface area (Å²) < 4.78 is 0. The molecule has 0 aliphatic heterocycles. The molecule has 0 radical (unpaired) electrons. The Morgan fingerprint density at radius 2 is 1.59 bits per heavy atom. The summed E-state index contributed by atoms with van der Waals surface area (Å²) in [5, 5.41) is 8.95. The number of hydrogen-bond donors (Lipinski definition) is 1. The van der Waals surface area contributed by atoms with Crippen molar-refractivity contribution in [2.75, 3.05) is 0 Å². The van der Waals surface area contributed by atoms with Crippen LogP contribution in [0.5, 0.6) is 0 Å². The highest BCUT2D eigenvalue weighted by atomic mass is 35.5. The lowest BCUT2D eigenvalue weighted by atomic mass is 10.1. The molecule has 0 bridgehead atoms. The Morgan fingerprint density at radius 3 is 2.18 bits per heavy atom. The minimum atomic E-state index is -0.833. The van der Waals surface area contributed by atoms with Crippen molar-refractivity contribution in [3.05, 3.63) is 48.0 Å². The number of aliphatic carboxylic acids is 1. The van der Waals surface area contributed by atoms with Crippen LogP contribution in [0.15, 0.2) is 42.5 Å². The topological polar surface area (TPSA) is 54.4 Å². The van der Waals surface area contributed by atoms with Gasteiger partial charge in [-0.2, -0.15) is 0 Å². The van der Waals surface area contributed by atoms with E-state index in [1.54, 1.807) is 6.07 Å². The summed E-state index contributed by atoms with van der Waals surface area (Å²) in [5.41, 5.74) is 0.569. The van der Waals surface area contributed by atoms with Crippen molar-refractivity contribution >= 4 is 33.6 Å². The van der Waals surface area contributed by atoms with Gasteiger partial charge in [0.2, 0.25) is 0 Å². The van der Waals surface area contributed by atoms with Gasteiger partial charge in [0, 0.05) is 12.5 Å². The van der Waals surface area contributed by atoms with Gasteiger partial charge in [-0.05, 0) is 28.4 Å². The van der Waals surface area contributed by atoms with E-state index in [-0.39, 0.29) is 0 Å². The first-order valence-electron chi connectivity index (χ1n) is 4.89. The third-order valence-electron chi connectivity index (χ3n) is 2.00. The third-order valence-corrected chi connectivity index (χ3v) is 2.20. The van der Waals surface area contributed by atoms with Crippen LogP contribution in [0.1, 0.15) is 17.3 Å². The number of fused-ring (bicyclic) bond motifs is 1. The van der Waals surface area contributed by atoms with Crippen LogP contribution in [-0.4, -0.2) is 16.3 Å². The van der Waals surface area contributed by atoms with Crippen LogP contribution >= 0.6 is 11.6 Å². The van der Waals surface area contributed by atoms with E-state index in [1.807, 2.05) is 36.4 Å². The molecule has 2 aromatic rings. The van der Waals surface area contributed by atoms with Crippen LogP contribution in [0.3, 0.4) is 0 Å². The second-order valence-electron chi connectivity index (χ2n) is 3.32. The van der Waals surface area contributed by atoms with E-state index in [1.165, 1.54) is 0 Å². The molecule has 0 atom stereocenters. The van der Waals surface area contributed by atoms with Crippen molar-refractivity contribution in [1.29, 1.82) is 0 Å². The number of carboxylic acids is 1. The van der Waals surface area contributed by atoms with Crippen molar-refractivity contribution in [1.82, 2.24) is 0 Å². The molecule has 4 heteroatoms. The van der Waals surface area contributed by atoms with Crippen LogP contribution in [0.25, 0.3) is 10.8 Å². The van der Waals surface area contributed by atoms with Crippen LogP contribution in [0.2, 0.25) is 0 Å². The number of hydrogen-bond acceptors (Lipinski definition) is 2. The van der Waals surface area contributed by atoms with Gasteiger partial charge < -0.3 is 5.11 Å². The van der Waals surface area contributed by atoms with Gasteiger partial charge >= 0.3 is 0 Å². The van der Waals surface area contributed by atoms with Crippen molar-refractivity contribution in [2.45, 2.75) is 6.92 Å². The molecule has 0 unspecified atom stereocenters. The number of carboxylic acid groups (broad SMARTS) is 1. The van der Waals surface area contributed by atoms with Gasteiger partial charge in [-0.15, -0.1) is 0 Å². The summed E-state index contributed by atoms with van der Waals surface area (Å²) in [5.74, 6) is -0.833. The van der Waals surface area contributed by atoms with E-state index >= 15 is 0 Å². The van der Waals surface area contributed by atoms with E-state index in [0.717, 1.165) is 17.7 Å². The SMILES string of the molecule is CC(=O)O.O=C(Cl)c1cccc2ccccc12. The molecule has 2 aromatic carbocycles. The summed E-state index contributed by atoms with van der Waals surface area (Å²) >= 11 is 5.44. The van der Waals surface area contributed by atoms with E-state index in [0.29, 0.717) is 5.56 Å².